The van der Waals surface area contributed by atoms with E-state index in [9.17, 15) is 0 Å². The second-order valence-corrected chi connectivity index (χ2v) is 6.17. The zero-order valence-corrected chi connectivity index (χ0v) is 12.8. The SMILES string of the molecule is c1ccc2c(c1)Cc1nc3c4ncccc4c4cccnc4n3c1-2. The fourth-order valence-corrected chi connectivity index (χ4v) is 3.90. The molecule has 1 aliphatic rings. The van der Waals surface area contributed by atoms with E-state index in [2.05, 4.69) is 50.8 Å². The van der Waals surface area contributed by atoms with Crippen LogP contribution in [0.3, 0.4) is 0 Å². The number of nitrogens with zero attached hydrogens (tertiary/aromatic N) is 4. The molecule has 0 aliphatic heterocycles. The third-order valence-electron chi connectivity index (χ3n) is 4.89. The van der Waals surface area contributed by atoms with Crippen LogP contribution in [0.1, 0.15) is 11.3 Å². The summed E-state index contributed by atoms with van der Waals surface area (Å²) in [6, 6.07) is 16.7. The Kier molecular flexibility index (Phi) is 2.12. The van der Waals surface area contributed by atoms with Gasteiger partial charge in [-0.3, -0.25) is 9.38 Å². The summed E-state index contributed by atoms with van der Waals surface area (Å²) in [7, 11) is 0. The van der Waals surface area contributed by atoms with E-state index in [4.69, 9.17) is 4.98 Å². The van der Waals surface area contributed by atoms with Crippen LogP contribution in [0.15, 0.2) is 60.9 Å². The molecule has 0 bridgehead atoms. The van der Waals surface area contributed by atoms with Crippen LogP contribution >= 0.6 is 0 Å². The Labute approximate surface area is 137 Å². The topological polar surface area (TPSA) is 43.1 Å². The Morgan fingerprint density at radius 3 is 2.58 bits per heavy atom. The van der Waals surface area contributed by atoms with Crippen molar-refractivity contribution in [1.29, 1.82) is 0 Å². The van der Waals surface area contributed by atoms with Crippen molar-refractivity contribution in [2.45, 2.75) is 6.42 Å². The molecular weight excluding hydrogens is 296 g/mol. The third-order valence-corrected chi connectivity index (χ3v) is 4.89. The normalized spacial score (nSPS) is 12.8. The summed E-state index contributed by atoms with van der Waals surface area (Å²) in [5.74, 6) is 0. The number of imidazole rings is 1. The largest absolute Gasteiger partial charge is 0.274 e. The second-order valence-electron chi connectivity index (χ2n) is 6.17. The molecule has 0 radical (unpaired) electrons. The van der Waals surface area contributed by atoms with Crippen molar-refractivity contribution in [3.05, 3.63) is 72.2 Å². The van der Waals surface area contributed by atoms with Gasteiger partial charge in [0.25, 0.3) is 0 Å². The minimum atomic E-state index is 0.871. The van der Waals surface area contributed by atoms with Crippen LogP contribution in [-0.2, 0) is 6.42 Å². The quantitative estimate of drug-likeness (QED) is 0.398. The summed E-state index contributed by atoms with van der Waals surface area (Å²) in [6.07, 6.45) is 4.55. The van der Waals surface area contributed by atoms with Gasteiger partial charge in [-0.15, -0.1) is 0 Å². The average molecular weight is 308 g/mol. The van der Waals surface area contributed by atoms with Crippen LogP contribution in [0.25, 0.3) is 38.8 Å². The van der Waals surface area contributed by atoms with E-state index in [1.54, 1.807) is 0 Å². The molecular formula is C20H12N4. The van der Waals surface area contributed by atoms with Crippen LogP contribution in [0.2, 0.25) is 0 Å². The lowest BCUT2D eigenvalue weighted by Crippen LogP contribution is -1.97. The first-order valence-electron chi connectivity index (χ1n) is 8.03. The molecule has 4 heteroatoms. The first-order chi connectivity index (χ1) is 11.9. The maximum absolute atomic E-state index is 4.95. The monoisotopic (exact) mass is 308 g/mol. The highest BCUT2D eigenvalue weighted by atomic mass is 15.1. The highest BCUT2D eigenvalue weighted by molar-refractivity contribution is 6.09. The van der Waals surface area contributed by atoms with Gasteiger partial charge >= 0.3 is 0 Å². The Bertz CT molecular complexity index is 1280. The molecule has 0 saturated heterocycles. The van der Waals surface area contributed by atoms with E-state index < -0.39 is 0 Å². The lowest BCUT2D eigenvalue weighted by Gasteiger charge is -2.09. The lowest BCUT2D eigenvalue weighted by atomic mass is 10.1. The average Bonchev–Trinajstić information content (AvgIpc) is 3.18. The zero-order valence-electron chi connectivity index (χ0n) is 12.8. The molecule has 4 heterocycles. The third kappa shape index (κ3) is 1.36. The van der Waals surface area contributed by atoms with Crippen molar-refractivity contribution in [1.82, 2.24) is 19.4 Å². The van der Waals surface area contributed by atoms with Gasteiger partial charge in [-0.05, 0) is 23.8 Å². The van der Waals surface area contributed by atoms with Crippen LogP contribution < -0.4 is 0 Å². The maximum atomic E-state index is 4.95. The Balaban J connectivity index is 1.93. The summed E-state index contributed by atoms with van der Waals surface area (Å²) in [5, 5.41) is 2.21. The van der Waals surface area contributed by atoms with Gasteiger partial charge in [0, 0.05) is 35.2 Å². The molecule has 0 unspecified atom stereocenters. The minimum Gasteiger partial charge on any atom is -0.274 e. The summed E-state index contributed by atoms with van der Waals surface area (Å²) in [6.45, 7) is 0. The molecule has 112 valence electrons. The predicted octanol–water partition coefficient (Wildman–Crippen LogP) is 4.00. The van der Waals surface area contributed by atoms with Crippen molar-refractivity contribution in [2.75, 3.05) is 0 Å². The summed E-state index contributed by atoms with van der Waals surface area (Å²) in [4.78, 5) is 14.2. The van der Waals surface area contributed by atoms with Gasteiger partial charge in [-0.25, -0.2) is 9.97 Å². The number of benzene rings is 1. The lowest BCUT2D eigenvalue weighted by molar-refractivity contribution is 1.16. The number of fused-ring (bicyclic) bond motifs is 10. The molecule has 0 fully saturated rings. The molecule has 24 heavy (non-hydrogen) atoms. The molecule has 0 atom stereocenters. The van der Waals surface area contributed by atoms with Gasteiger partial charge in [-0.2, -0.15) is 0 Å². The van der Waals surface area contributed by atoms with Crippen LogP contribution in [0, 0.1) is 0 Å². The van der Waals surface area contributed by atoms with Gasteiger partial charge in [0.15, 0.2) is 5.65 Å². The molecule has 5 aromatic rings. The molecule has 1 aliphatic carbocycles. The molecule has 0 saturated carbocycles. The Morgan fingerprint density at radius 1 is 0.792 bits per heavy atom. The van der Waals surface area contributed by atoms with E-state index in [0.717, 1.165) is 45.4 Å². The first kappa shape index (κ1) is 12.2. The number of hydrogen-bond donors (Lipinski definition) is 0. The van der Waals surface area contributed by atoms with Gasteiger partial charge < -0.3 is 0 Å². The van der Waals surface area contributed by atoms with Gasteiger partial charge in [0.1, 0.15) is 11.2 Å². The number of rotatable bonds is 0. The number of hydrogen-bond acceptors (Lipinski definition) is 3. The maximum Gasteiger partial charge on any atom is 0.165 e. The molecule has 4 aromatic heterocycles. The Hall–Kier alpha value is -3.27. The van der Waals surface area contributed by atoms with E-state index in [1.807, 2.05) is 24.5 Å². The van der Waals surface area contributed by atoms with E-state index in [1.165, 1.54) is 11.1 Å². The standard InChI is InChI=1S/C20H12N4/c1-2-6-13-12(5-1)11-16-18(13)24-19-15(8-4-10-22-19)14-7-3-9-21-17(14)20(24)23-16/h1-10H,11H2. The van der Waals surface area contributed by atoms with Crippen molar-refractivity contribution < 1.29 is 0 Å². The smallest absolute Gasteiger partial charge is 0.165 e. The van der Waals surface area contributed by atoms with Crippen LogP contribution in [0.5, 0.6) is 0 Å². The fraction of sp³-hybridized carbons (Fsp3) is 0.0500. The molecule has 0 spiro atoms. The number of pyridine rings is 3. The zero-order chi connectivity index (χ0) is 15.7. The first-order valence-corrected chi connectivity index (χ1v) is 8.03. The molecule has 4 nitrogen and oxygen atoms in total. The summed E-state index contributed by atoms with van der Waals surface area (Å²) < 4.78 is 2.19. The highest BCUT2D eigenvalue weighted by Gasteiger charge is 2.26. The Morgan fingerprint density at radius 2 is 1.62 bits per heavy atom. The summed E-state index contributed by atoms with van der Waals surface area (Å²) in [5.41, 5.74) is 7.63. The molecule has 0 amide bonds. The summed E-state index contributed by atoms with van der Waals surface area (Å²) >= 11 is 0. The van der Waals surface area contributed by atoms with Gasteiger partial charge in [-0.1, -0.05) is 30.3 Å². The molecule has 6 rings (SSSR count). The van der Waals surface area contributed by atoms with Gasteiger partial charge in [0.2, 0.25) is 0 Å². The van der Waals surface area contributed by atoms with Crippen molar-refractivity contribution >= 4 is 27.6 Å². The highest BCUT2D eigenvalue weighted by Crippen LogP contribution is 2.39. The van der Waals surface area contributed by atoms with Crippen molar-refractivity contribution in [3.8, 4) is 11.3 Å². The van der Waals surface area contributed by atoms with Crippen LogP contribution in [-0.4, -0.2) is 19.4 Å². The molecule has 0 N–H and O–H groups in total. The van der Waals surface area contributed by atoms with Crippen LogP contribution in [0.4, 0.5) is 0 Å². The van der Waals surface area contributed by atoms with Gasteiger partial charge in [0.05, 0.1) is 11.4 Å². The van der Waals surface area contributed by atoms with E-state index >= 15 is 0 Å². The number of aromatic nitrogens is 4. The minimum absolute atomic E-state index is 0.871. The molecule has 1 aromatic carbocycles. The van der Waals surface area contributed by atoms with Crippen molar-refractivity contribution in [3.63, 3.8) is 0 Å². The van der Waals surface area contributed by atoms with E-state index in [0.29, 0.717) is 0 Å². The second kappa shape index (κ2) is 4.17. The fourth-order valence-electron chi connectivity index (χ4n) is 3.90. The predicted molar refractivity (Wildman–Crippen MR) is 94.0 cm³/mol. The van der Waals surface area contributed by atoms with E-state index in [-0.39, 0.29) is 0 Å². The van der Waals surface area contributed by atoms with Crippen molar-refractivity contribution in [2.24, 2.45) is 0 Å².